The zero-order valence-corrected chi connectivity index (χ0v) is 10.3. The van der Waals surface area contributed by atoms with E-state index in [2.05, 4.69) is 17.3 Å². The molecule has 0 saturated heterocycles. The number of aryl methyl sites for hydroxylation is 2. The average molecular weight is 227 g/mol. The van der Waals surface area contributed by atoms with Crippen molar-refractivity contribution in [1.29, 1.82) is 0 Å². The van der Waals surface area contributed by atoms with Gasteiger partial charge < -0.3 is 15.2 Å². The van der Waals surface area contributed by atoms with Crippen molar-refractivity contribution in [2.75, 3.05) is 26.4 Å². The molecule has 0 radical (unpaired) electrons. The van der Waals surface area contributed by atoms with E-state index in [0.29, 0.717) is 13.2 Å². The molecular weight excluding hydrogens is 206 g/mol. The molecule has 0 aliphatic rings. The summed E-state index contributed by atoms with van der Waals surface area (Å²) in [5.41, 5.74) is 3.52. The number of rotatable bonds is 7. The summed E-state index contributed by atoms with van der Waals surface area (Å²) in [4.78, 5) is 0. The largest absolute Gasteiger partial charge is 0.394 e. The molecule has 1 rings (SSSR count). The lowest BCUT2D eigenvalue weighted by Crippen LogP contribution is -2.20. The molecule has 0 aliphatic carbocycles. The second kappa shape index (κ2) is 6.62. The first-order valence-electron chi connectivity index (χ1n) is 5.55. The van der Waals surface area contributed by atoms with Crippen LogP contribution < -0.4 is 5.32 Å². The topological polar surface area (TPSA) is 59.3 Å². The van der Waals surface area contributed by atoms with Gasteiger partial charge in [0, 0.05) is 31.4 Å². The Balaban J connectivity index is 2.26. The third-order valence-corrected chi connectivity index (χ3v) is 2.62. The van der Waals surface area contributed by atoms with Crippen LogP contribution in [0.4, 0.5) is 0 Å². The van der Waals surface area contributed by atoms with E-state index in [9.17, 15) is 0 Å². The number of aromatic nitrogens is 2. The molecule has 5 nitrogen and oxygen atoms in total. The van der Waals surface area contributed by atoms with Gasteiger partial charge in [0.2, 0.25) is 0 Å². The van der Waals surface area contributed by atoms with Gasteiger partial charge >= 0.3 is 0 Å². The molecule has 5 heteroatoms. The van der Waals surface area contributed by atoms with E-state index in [1.165, 1.54) is 11.3 Å². The predicted molar refractivity (Wildman–Crippen MR) is 62.3 cm³/mol. The van der Waals surface area contributed by atoms with Gasteiger partial charge in [0.05, 0.1) is 25.5 Å². The van der Waals surface area contributed by atoms with Crippen LogP contribution in [0.5, 0.6) is 0 Å². The van der Waals surface area contributed by atoms with Gasteiger partial charge in [0.15, 0.2) is 0 Å². The number of hydrogen-bond acceptors (Lipinski definition) is 4. The predicted octanol–water partition coefficient (Wildman–Crippen LogP) is 0.135. The van der Waals surface area contributed by atoms with Crippen LogP contribution in [0.1, 0.15) is 17.0 Å². The molecule has 1 aromatic rings. The lowest BCUT2D eigenvalue weighted by Gasteiger charge is -2.05. The van der Waals surface area contributed by atoms with Gasteiger partial charge in [-0.05, 0) is 13.8 Å². The normalized spacial score (nSPS) is 11.0. The summed E-state index contributed by atoms with van der Waals surface area (Å²) in [5.74, 6) is 0. The summed E-state index contributed by atoms with van der Waals surface area (Å²) < 4.78 is 7.05. The molecule has 0 aromatic carbocycles. The van der Waals surface area contributed by atoms with Crippen molar-refractivity contribution in [3.63, 3.8) is 0 Å². The molecule has 0 saturated carbocycles. The van der Waals surface area contributed by atoms with Gasteiger partial charge in [-0.3, -0.25) is 4.68 Å². The molecule has 0 atom stereocenters. The van der Waals surface area contributed by atoms with Gasteiger partial charge in [-0.25, -0.2) is 0 Å². The van der Waals surface area contributed by atoms with Crippen LogP contribution in [0.15, 0.2) is 0 Å². The molecular formula is C11H21N3O2. The van der Waals surface area contributed by atoms with Gasteiger partial charge in [-0.1, -0.05) is 0 Å². The zero-order valence-electron chi connectivity index (χ0n) is 10.3. The number of nitrogens with one attached hydrogen (secondary N) is 1. The van der Waals surface area contributed by atoms with Crippen LogP contribution in [-0.2, 0) is 18.3 Å². The average Bonchev–Trinajstić information content (AvgIpc) is 2.49. The maximum atomic E-state index is 8.52. The molecule has 1 aromatic heterocycles. The Labute approximate surface area is 96.4 Å². The number of nitrogens with zero attached hydrogens (tertiary/aromatic N) is 2. The Morgan fingerprint density at radius 2 is 2.12 bits per heavy atom. The molecule has 16 heavy (non-hydrogen) atoms. The van der Waals surface area contributed by atoms with Crippen LogP contribution in [0.25, 0.3) is 0 Å². The first-order chi connectivity index (χ1) is 7.66. The summed E-state index contributed by atoms with van der Waals surface area (Å²) in [6, 6.07) is 0. The quantitative estimate of drug-likeness (QED) is 0.650. The summed E-state index contributed by atoms with van der Waals surface area (Å²) in [6.45, 7) is 6.81. The third kappa shape index (κ3) is 3.59. The maximum absolute atomic E-state index is 8.52. The minimum atomic E-state index is 0.0841. The molecule has 0 unspecified atom stereocenters. The minimum absolute atomic E-state index is 0.0841. The van der Waals surface area contributed by atoms with E-state index in [1.807, 2.05) is 18.7 Å². The van der Waals surface area contributed by atoms with Crippen molar-refractivity contribution >= 4 is 0 Å². The van der Waals surface area contributed by atoms with Gasteiger partial charge in [0.25, 0.3) is 0 Å². The van der Waals surface area contributed by atoms with Crippen LogP contribution in [0.3, 0.4) is 0 Å². The van der Waals surface area contributed by atoms with E-state index >= 15 is 0 Å². The minimum Gasteiger partial charge on any atom is -0.394 e. The Bertz CT molecular complexity index is 323. The molecule has 0 amide bonds. The lowest BCUT2D eigenvalue weighted by atomic mass is 10.2. The first kappa shape index (κ1) is 13.2. The number of ether oxygens (including phenoxy) is 1. The summed E-state index contributed by atoms with van der Waals surface area (Å²) in [6.07, 6.45) is 0. The van der Waals surface area contributed by atoms with Crippen molar-refractivity contribution in [1.82, 2.24) is 15.1 Å². The highest BCUT2D eigenvalue weighted by molar-refractivity contribution is 5.23. The third-order valence-electron chi connectivity index (χ3n) is 2.62. The standard InChI is InChI=1S/C11H21N3O2/c1-9-11(10(2)14(3)13-9)8-12-4-6-16-7-5-15/h12,15H,4-8H2,1-3H3. The van der Waals surface area contributed by atoms with Crippen LogP contribution in [0.2, 0.25) is 0 Å². The number of hydrogen-bond donors (Lipinski definition) is 2. The fraction of sp³-hybridized carbons (Fsp3) is 0.727. The highest BCUT2D eigenvalue weighted by atomic mass is 16.5. The van der Waals surface area contributed by atoms with Crippen LogP contribution in [0, 0.1) is 13.8 Å². The Morgan fingerprint density at radius 3 is 2.69 bits per heavy atom. The Kier molecular flexibility index (Phi) is 5.45. The van der Waals surface area contributed by atoms with E-state index in [1.54, 1.807) is 0 Å². The van der Waals surface area contributed by atoms with Gasteiger partial charge in [-0.15, -0.1) is 0 Å². The van der Waals surface area contributed by atoms with Crippen LogP contribution >= 0.6 is 0 Å². The van der Waals surface area contributed by atoms with Gasteiger partial charge in [0.1, 0.15) is 0 Å². The van der Waals surface area contributed by atoms with Crippen molar-refractivity contribution in [2.24, 2.45) is 7.05 Å². The first-order valence-corrected chi connectivity index (χ1v) is 5.55. The number of aliphatic hydroxyl groups is 1. The summed E-state index contributed by atoms with van der Waals surface area (Å²) in [7, 11) is 1.95. The second-order valence-electron chi connectivity index (χ2n) is 3.79. The molecule has 0 bridgehead atoms. The van der Waals surface area contributed by atoms with E-state index in [0.717, 1.165) is 18.8 Å². The molecule has 0 spiro atoms. The van der Waals surface area contributed by atoms with Crippen molar-refractivity contribution in [3.05, 3.63) is 17.0 Å². The maximum Gasteiger partial charge on any atom is 0.0698 e. The monoisotopic (exact) mass is 227 g/mol. The molecule has 1 heterocycles. The second-order valence-corrected chi connectivity index (χ2v) is 3.79. The smallest absolute Gasteiger partial charge is 0.0698 e. The van der Waals surface area contributed by atoms with Crippen LogP contribution in [-0.4, -0.2) is 41.3 Å². The van der Waals surface area contributed by atoms with Crippen molar-refractivity contribution < 1.29 is 9.84 Å². The fourth-order valence-electron chi connectivity index (χ4n) is 1.60. The SMILES string of the molecule is Cc1nn(C)c(C)c1CNCCOCCO. The zero-order chi connectivity index (χ0) is 12.0. The Hall–Kier alpha value is -0.910. The molecule has 0 fully saturated rings. The van der Waals surface area contributed by atoms with E-state index in [-0.39, 0.29) is 6.61 Å². The lowest BCUT2D eigenvalue weighted by molar-refractivity contribution is 0.0938. The van der Waals surface area contributed by atoms with Crippen molar-refractivity contribution in [2.45, 2.75) is 20.4 Å². The highest BCUT2D eigenvalue weighted by Gasteiger charge is 2.07. The fourth-order valence-corrected chi connectivity index (χ4v) is 1.60. The van der Waals surface area contributed by atoms with Crippen molar-refractivity contribution in [3.8, 4) is 0 Å². The highest BCUT2D eigenvalue weighted by Crippen LogP contribution is 2.10. The molecule has 0 aliphatic heterocycles. The Morgan fingerprint density at radius 1 is 1.38 bits per heavy atom. The number of aliphatic hydroxyl groups excluding tert-OH is 1. The van der Waals surface area contributed by atoms with E-state index < -0.39 is 0 Å². The molecule has 92 valence electrons. The molecule has 2 N–H and O–H groups in total. The van der Waals surface area contributed by atoms with E-state index in [4.69, 9.17) is 9.84 Å². The van der Waals surface area contributed by atoms with Gasteiger partial charge in [-0.2, -0.15) is 5.10 Å². The summed E-state index contributed by atoms with van der Waals surface area (Å²) >= 11 is 0. The summed E-state index contributed by atoms with van der Waals surface area (Å²) in [5, 5.41) is 16.2.